The summed E-state index contributed by atoms with van der Waals surface area (Å²) in [7, 11) is 0. The van der Waals surface area contributed by atoms with Crippen LogP contribution in [0.1, 0.15) is 10.4 Å². The molecule has 0 aliphatic heterocycles. The molecule has 0 aromatic heterocycles. The molecule has 0 amide bonds. The minimum atomic E-state index is -4.77. The van der Waals surface area contributed by atoms with Crippen LogP contribution >= 0.6 is 0 Å². The molecule has 0 heterocycles. The number of hydrogen-bond acceptors (Lipinski definition) is 3. The smallest absolute Gasteiger partial charge is 0.508 e. The minimum Gasteiger partial charge on any atom is -0.508 e. The second-order valence-electron chi connectivity index (χ2n) is 4.01. The number of halogens is 3. The van der Waals surface area contributed by atoms with Crippen molar-refractivity contribution in [2.75, 3.05) is 0 Å². The lowest BCUT2D eigenvalue weighted by Gasteiger charge is -2.10. The van der Waals surface area contributed by atoms with E-state index in [0.29, 0.717) is 17.4 Å². The SMILES string of the molecule is O=Cc1cc(O)cc(-c2cccc(OC(F)(F)F)c2)c1. The van der Waals surface area contributed by atoms with Gasteiger partial charge in [0, 0.05) is 5.56 Å². The molecule has 0 aliphatic rings. The standard InChI is InChI=1S/C14H9F3O3/c15-14(16,17)20-13-3-1-2-10(7-13)11-4-9(8-18)5-12(19)6-11/h1-8,19H. The van der Waals surface area contributed by atoms with E-state index in [-0.39, 0.29) is 17.1 Å². The molecule has 6 heteroatoms. The molecule has 0 saturated carbocycles. The van der Waals surface area contributed by atoms with E-state index < -0.39 is 6.36 Å². The first-order chi connectivity index (χ1) is 9.37. The van der Waals surface area contributed by atoms with E-state index in [1.165, 1.54) is 36.4 Å². The normalized spacial score (nSPS) is 11.2. The molecule has 20 heavy (non-hydrogen) atoms. The van der Waals surface area contributed by atoms with Crippen LogP contribution in [0.5, 0.6) is 11.5 Å². The summed E-state index contributed by atoms with van der Waals surface area (Å²) in [5.74, 6) is -0.516. The van der Waals surface area contributed by atoms with Crippen molar-refractivity contribution in [3.63, 3.8) is 0 Å². The van der Waals surface area contributed by atoms with Crippen molar-refractivity contribution in [3.05, 3.63) is 48.0 Å². The second kappa shape index (κ2) is 5.24. The fraction of sp³-hybridized carbons (Fsp3) is 0.0714. The first-order valence-electron chi connectivity index (χ1n) is 5.53. The van der Waals surface area contributed by atoms with Gasteiger partial charge in [0.25, 0.3) is 0 Å². The van der Waals surface area contributed by atoms with Crippen molar-refractivity contribution in [1.29, 1.82) is 0 Å². The number of carbonyl (C=O) groups excluding carboxylic acids is 1. The van der Waals surface area contributed by atoms with E-state index in [2.05, 4.69) is 4.74 Å². The molecule has 2 aromatic rings. The zero-order valence-corrected chi connectivity index (χ0v) is 10.0. The summed E-state index contributed by atoms with van der Waals surface area (Å²) in [4.78, 5) is 10.7. The van der Waals surface area contributed by atoms with E-state index in [0.717, 1.165) is 0 Å². The lowest BCUT2D eigenvalue weighted by molar-refractivity contribution is -0.274. The highest BCUT2D eigenvalue weighted by Crippen LogP contribution is 2.30. The van der Waals surface area contributed by atoms with Crippen molar-refractivity contribution in [3.8, 4) is 22.6 Å². The van der Waals surface area contributed by atoms with Crippen molar-refractivity contribution < 1.29 is 27.8 Å². The minimum absolute atomic E-state index is 0.147. The predicted molar refractivity (Wildman–Crippen MR) is 65.6 cm³/mol. The zero-order valence-electron chi connectivity index (χ0n) is 10.0. The highest BCUT2D eigenvalue weighted by Gasteiger charge is 2.31. The van der Waals surface area contributed by atoms with E-state index >= 15 is 0 Å². The molecule has 0 unspecified atom stereocenters. The molecule has 104 valence electrons. The first-order valence-corrected chi connectivity index (χ1v) is 5.53. The van der Waals surface area contributed by atoms with Crippen molar-refractivity contribution >= 4 is 6.29 Å². The van der Waals surface area contributed by atoms with E-state index in [1.807, 2.05) is 0 Å². The molecule has 0 aliphatic carbocycles. The number of phenolic OH excluding ortho intramolecular Hbond substituents is 1. The van der Waals surface area contributed by atoms with Crippen LogP contribution in [-0.2, 0) is 0 Å². The second-order valence-corrected chi connectivity index (χ2v) is 4.01. The van der Waals surface area contributed by atoms with Crippen molar-refractivity contribution in [1.82, 2.24) is 0 Å². The fourth-order valence-corrected chi connectivity index (χ4v) is 1.74. The van der Waals surface area contributed by atoms with Crippen LogP contribution < -0.4 is 4.74 Å². The summed E-state index contributed by atoms with van der Waals surface area (Å²) in [6, 6.07) is 9.34. The molecule has 1 N–H and O–H groups in total. The largest absolute Gasteiger partial charge is 0.573 e. The van der Waals surface area contributed by atoms with Crippen LogP contribution in [0.2, 0.25) is 0 Å². The van der Waals surface area contributed by atoms with Gasteiger partial charge in [-0.25, -0.2) is 0 Å². The Labute approximate surface area is 112 Å². The molecule has 0 bridgehead atoms. The van der Waals surface area contributed by atoms with Gasteiger partial charge in [0.1, 0.15) is 17.8 Å². The Kier molecular flexibility index (Phi) is 3.65. The molecule has 0 spiro atoms. The molecule has 2 rings (SSSR count). The Balaban J connectivity index is 2.40. The topological polar surface area (TPSA) is 46.5 Å². The fourth-order valence-electron chi connectivity index (χ4n) is 1.74. The van der Waals surface area contributed by atoms with Gasteiger partial charge in [-0.2, -0.15) is 0 Å². The molecular formula is C14H9F3O3. The summed E-state index contributed by atoms with van der Waals surface area (Å²) in [6.07, 6.45) is -4.23. The van der Waals surface area contributed by atoms with Crippen LogP contribution in [0.15, 0.2) is 42.5 Å². The monoisotopic (exact) mass is 282 g/mol. The van der Waals surface area contributed by atoms with Crippen LogP contribution in [-0.4, -0.2) is 17.8 Å². The van der Waals surface area contributed by atoms with Gasteiger partial charge in [-0.15, -0.1) is 13.2 Å². The maximum absolute atomic E-state index is 12.1. The molecule has 0 atom stereocenters. The number of benzene rings is 2. The maximum Gasteiger partial charge on any atom is 0.573 e. The zero-order chi connectivity index (χ0) is 14.8. The third-order valence-corrected chi connectivity index (χ3v) is 2.48. The van der Waals surface area contributed by atoms with E-state index in [9.17, 15) is 23.1 Å². The highest BCUT2D eigenvalue weighted by atomic mass is 19.4. The number of aldehydes is 1. The van der Waals surface area contributed by atoms with Crippen LogP contribution in [0.25, 0.3) is 11.1 Å². The number of rotatable bonds is 3. The molecule has 3 nitrogen and oxygen atoms in total. The van der Waals surface area contributed by atoms with Gasteiger partial charge in [-0.3, -0.25) is 4.79 Å². The van der Waals surface area contributed by atoms with E-state index in [4.69, 9.17) is 0 Å². The first kappa shape index (κ1) is 13.9. The summed E-state index contributed by atoms with van der Waals surface area (Å²) in [5.41, 5.74) is 1.03. The van der Waals surface area contributed by atoms with Crippen LogP contribution in [0.3, 0.4) is 0 Å². The number of carbonyl (C=O) groups is 1. The molecule has 0 radical (unpaired) electrons. The maximum atomic E-state index is 12.1. The summed E-state index contributed by atoms with van der Waals surface area (Å²) < 4.78 is 40.3. The molecule has 2 aromatic carbocycles. The van der Waals surface area contributed by atoms with Crippen LogP contribution in [0.4, 0.5) is 13.2 Å². The van der Waals surface area contributed by atoms with Crippen molar-refractivity contribution in [2.24, 2.45) is 0 Å². The van der Waals surface area contributed by atoms with Crippen molar-refractivity contribution in [2.45, 2.75) is 6.36 Å². The Morgan fingerprint density at radius 1 is 1.05 bits per heavy atom. The number of ether oxygens (including phenoxy) is 1. The van der Waals surface area contributed by atoms with Gasteiger partial charge in [-0.05, 0) is 41.5 Å². The number of hydrogen-bond donors (Lipinski definition) is 1. The van der Waals surface area contributed by atoms with Gasteiger partial charge in [-0.1, -0.05) is 12.1 Å². The van der Waals surface area contributed by atoms with Gasteiger partial charge >= 0.3 is 6.36 Å². The van der Waals surface area contributed by atoms with Gasteiger partial charge in [0.15, 0.2) is 0 Å². The average Bonchev–Trinajstić information content (AvgIpc) is 2.36. The lowest BCUT2D eigenvalue weighted by atomic mass is 10.0. The lowest BCUT2D eigenvalue weighted by Crippen LogP contribution is -2.17. The molecule has 0 fully saturated rings. The molecule has 0 saturated heterocycles. The Morgan fingerprint density at radius 2 is 1.80 bits per heavy atom. The van der Waals surface area contributed by atoms with Gasteiger partial charge in [0.05, 0.1) is 0 Å². The van der Waals surface area contributed by atoms with Crippen LogP contribution in [0, 0.1) is 0 Å². The Bertz CT molecular complexity index is 636. The number of aromatic hydroxyl groups is 1. The summed E-state index contributed by atoms with van der Waals surface area (Å²) in [5, 5.41) is 9.47. The number of alkyl halides is 3. The predicted octanol–water partition coefficient (Wildman–Crippen LogP) is 3.77. The third kappa shape index (κ3) is 3.50. The van der Waals surface area contributed by atoms with E-state index in [1.54, 1.807) is 6.07 Å². The summed E-state index contributed by atoms with van der Waals surface area (Å²) >= 11 is 0. The van der Waals surface area contributed by atoms with Gasteiger partial charge < -0.3 is 9.84 Å². The highest BCUT2D eigenvalue weighted by molar-refractivity contribution is 5.80. The molecular weight excluding hydrogens is 273 g/mol. The average molecular weight is 282 g/mol. The third-order valence-electron chi connectivity index (χ3n) is 2.48. The Hall–Kier alpha value is -2.50. The quantitative estimate of drug-likeness (QED) is 0.872. The van der Waals surface area contributed by atoms with Gasteiger partial charge in [0.2, 0.25) is 0 Å². The Morgan fingerprint density at radius 3 is 2.45 bits per heavy atom. The summed E-state index contributed by atoms with van der Waals surface area (Å²) in [6.45, 7) is 0. The number of phenols is 1.